The van der Waals surface area contributed by atoms with Gasteiger partial charge < -0.3 is 9.79 Å². The van der Waals surface area contributed by atoms with E-state index in [2.05, 4.69) is 0 Å². The molecule has 0 spiro atoms. The zero-order valence-corrected chi connectivity index (χ0v) is 6.94. The monoisotopic (exact) mass is 117 g/mol. The van der Waals surface area contributed by atoms with Crippen molar-refractivity contribution in [3.05, 3.63) is 0 Å². The molecule has 0 aliphatic rings. The van der Waals surface area contributed by atoms with Crippen LogP contribution in [0.3, 0.4) is 0 Å². The van der Waals surface area contributed by atoms with Crippen LogP contribution in [-0.4, -0.2) is 45.5 Å². The molecular weight excluding hydrogens is 110 g/mol. The summed E-state index contributed by atoms with van der Waals surface area (Å²) in [6.07, 6.45) is 0.481. The van der Waals surface area contributed by atoms with Crippen LogP contribution in [0.5, 0.6) is 0 Å². The van der Waals surface area contributed by atoms with Gasteiger partial charge in [0.25, 0.3) is 0 Å². The Morgan fingerprint density at radius 2 is 1.67 bits per heavy atom. The van der Waals surface area contributed by atoms with E-state index in [9.17, 15) is 0 Å². The summed E-state index contributed by atoms with van der Waals surface area (Å²) in [6.45, 7) is 1.73. The second-order valence-corrected chi connectivity index (χ2v) is 2.07. The molecule has 6 heavy (non-hydrogen) atoms. The fraction of sp³-hybridized carbons (Fsp3) is 1.00. The van der Waals surface area contributed by atoms with Gasteiger partial charge in [-0.3, -0.25) is 0 Å². The minimum atomic E-state index is -1.60. The van der Waals surface area contributed by atoms with Crippen LogP contribution >= 0.6 is 8.38 Å². The van der Waals surface area contributed by atoms with Crippen molar-refractivity contribution in [3.63, 3.8) is 0 Å². The zero-order chi connectivity index (χ0) is 4.28. The van der Waals surface area contributed by atoms with Crippen LogP contribution in [0.4, 0.5) is 0 Å². The molecular formula is C2H7NaO2P. The molecule has 4 heteroatoms. The topological polar surface area (TPSA) is 40.5 Å². The minimum Gasteiger partial charge on any atom is -0.350 e. The van der Waals surface area contributed by atoms with Crippen LogP contribution in [-0.2, 0) is 0 Å². The Kier molecular flexibility index (Phi) is 11.0. The largest absolute Gasteiger partial charge is 0.350 e. The predicted octanol–water partition coefficient (Wildman–Crippen LogP) is -0.0780. The van der Waals surface area contributed by atoms with Gasteiger partial charge in [0.1, 0.15) is 0 Å². The smallest absolute Gasteiger partial charge is 0.164 e. The summed E-state index contributed by atoms with van der Waals surface area (Å²) in [4.78, 5) is 16.0. The van der Waals surface area contributed by atoms with Crippen LogP contribution in [0.1, 0.15) is 6.92 Å². The minimum absolute atomic E-state index is 0. The third-order valence-electron chi connectivity index (χ3n) is 0.283. The molecule has 2 nitrogen and oxygen atoms in total. The van der Waals surface area contributed by atoms with E-state index in [0.717, 1.165) is 0 Å². The molecule has 0 bridgehead atoms. The fourth-order valence-corrected chi connectivity index (χ4v) is 0. The predicted molar refractivity (Wildman–Crippen MR) is 27.7 cm³/mol. The van der Waals surface area contributed by atoms with E-state index in [1.54, 1.807) is 6.92 Å². The first kappa shape index (κ1) is 10.4. The summed E-state index contributed by atoms with van der Waals surface area (Å²) in [7, 11) is -1.60. The SMILES string of the molecule is CCP(O)O.[Na]. The molecule has 0 aromatic heterocycles. The summed E-state index contributed by atoms with van der Waals surface area (Å²) in [6, 6.07) is 0. The van der Waals surface area contributed by atoms with E-state index in [1.165, 1.54) is 0 Å². The maximum Gasteiger partial charge on any atom is 0.164 e. The third kappa shape index (κ3) is 9.02. The Morgan fingerprint density at radius 1 is 1.50 bits per heavy atom. The Hall–Kier alpha value is 1.35. The van der Waals surface area contributed by atoms with Crippen molar-refractivity contribution in [2.24, 2.45) is 0 Å². The van der Waals surface area contributed by atoms with Gasteiger partial charge in [-0.25, -0.2) is 0 Å². The molecule has 0 amide bonds. The molecule has 0 aliphatic carbocycles. The summed E-state index contributed by atoms with van der Waals surface area (Å²) in [5, 5.41) is 0. The third-order valence-corrected chi connectivity index (χ3v) is 0.849. The summed E-state index contributed by atoms with van der Waals surface area (Å²) >= 11 is 0. The van der Waals surface area contributed by atoms with Crippen LogP contribution < -0.4 is 0 Å². The second kappa shape index (κ2) is 6.35. The molecule has 0 atom stereocenters. The molecule has 0 saturated carbocycles. The first-order valence-electron chi connectivity index (χ1n) is 1.42. The van der Waals surface area contributed by atoms with Gasteiger partial charge in [-0.1, -0.05) is 6.92 Å². The first-order chi connectivity index (χ1) is 2.27. The van der Waals surface area contributed by atoms with Crippen molar-refractivity contribution in [3.8, 4) is 0 Å². The van der Waals surface area contributed by atoms with Gasteiger partial charge in [0.2, 0.25) is 0 Å². The molecule has 0 fully saturated rings. The van der Waals surface area contributed by atoms with Gasteiger partial charge in [-0.15, -0.1) is 0 Å². The van der Waals surface area contributed by atoms with Crippen molar-refractivity contribution in [2.75, 3.05) is 6.16 Å². The van der Waals surface area contributed by atoms with E-state index < -0.39 is 8.38 Å². The van der Waals surface area contributed by atoms with Crippen molar-refractivity contribution in [1.29, 1.82) is 0 Å². The van der Waals surface area contributed by atoms with Gasteiger partial charge in [0.05, 0.1) is 0 Å². The Morgan fingerprint density at radius 3 is 1.67 bits per heavy atom. The summed E-state index contributed by atoms with van der Waals surface area (Å²) < 4.78 is 0. The quantitative estimate of drug-likeness (QED) is 0.372. The van der Waals surface area contributed by atoms with E-state index in [1.807, 2.05) is 0 Å². The van der Waals surface area contributed by atoms with Gasteiger partial charge in [-0.05, 0) is 0 Å². The van der Waals surface area contributed by atoms with E-state index in [4.69, 9.17) is 9.79 Å². The van der Waals surface area contributed by atoms with Crippen molar-refractivity contribution >= 4 is 37.9 Å². The average molecular weight is 117 g/mol. The molecule has 0 rings (SSSR count). The molecule has 1 radical (unpaired) electrons. The first-order valence-corrected chi connectivity index (χ1v) is 2.86. The summed E-state index contributed by atoms with van der Waals surface area (Å²) in [5.74, 6) is 0. The van der Waals surface area contributed by atoms with E-state index in [0.29, 0.717) is 6.16 Å². The molecule has 2 N–H and O–H groups in total. The van der Waals surface area contributed by atoms with Crippen LogP contribution in [0.15, 0.2) is 0 Å². The molecule has 0 aromatic rings. The number of hydrogen-bond acceptors (Lipinski definition) is 2. The van der Waals surface area contributed by atoms with Crippen LogP contribution in [0.2, 0.25) is 0 Å². The van der Waals surface area contributed by atoms with Crippen LogP contribution in [0, 0.1) is 0 Å². The normalized spacial score (nSPS) is 8.00. The number of rotatable bonds is 1. The van der Waals surface area contributed by atoms with Crippen molar-refractivity contribution in [2.45, 2.75) is 6.92 Å². The molecule has 0 aromatic carbocycles. The molecule has 0 aliphatic heterocycles. The Balaban J connectivity index is 0. The van der Waals surface area contributed by atoms with Crippen LogP contribution in [0.25, 0.3) is 0 Å². The van der Waals surface area contributed by atoms with Crippen molar-refractivity contribution in [1.82, 2.24) is 0 Å². The maximum absolute atomic E-state index is 7.98. The number of hydrogen-bond donors (Lipinski definition) is 2. The average Bonchev–Trinajstić information content (AvgIpc) is 1.38. The van der Waals surface area contributed by atoms with E-state index in [-0.39, 0.29) is 29.6 Å². The molecule has 33 valence electrons. The Labute approximate surface area is 60.8 Å². The second-order valence-electron chi connectivity index (χ2n) is 0.689. The van der Waals surface area contributed by atoms with Gasteiger partial charge in [0, 0.05) is 35.7 Å². The molecule has 0 unspecified atom stereocenters. The standard InChI is InChI=1S/C2H7O2P.Na/c1-2-5(3)4;/h3-4H,2H2,1H3;. The fourth-order valence-electron chi connectivity index (χ4n) is 0. The van der Waals surface area contributed by atoms with Gasteiger partial charge in [0.15, 0.2) is 8.38 Å². The maximum atomic E-state index is 7.98. The van der Waals surface area contributed by atoms with Crippen molar-refractivity contribution < 1.29 is 9.79 Å². The molecule has 0 saturated heterocycles. The summed E-state index contributed by atoms with van der Waals surface area (Å²) in [5.41, 5.74) is 0. The van der Waals surface area contributed by atoms with Gasteiger partial charge >= 0.3 is 0 Å². The molecule has 0 heterocycles. The van der Waals surface area contributed by atoms with Gasteiger partial charge in [-0.2, -0.15) is 0 Å². The van der Waals surface area contributed by atoms with E-state index >= 15 is 0 Å². The Bertz CT molecular complexity index is 25.5. The zero-order valence-electron chi connectivity index (χ0n) is 4.05.